The highest BCUT2D eigenvalue weighted by molar-refractivity contribution is 7.88. The van der Waals surface area contributed by atoms with Crippen molar-refractivity contribution >= 4 is 15.9 Å². The molecule has 2 unspecified atom stereocenters. The second-order valence-electron chi connectivity index (χ2n) is 6.05. The van der Waals surface area contributed by atoms with Crippen molar-refractivity contribution in [2.24, 2.45) is 11.7 Å². The van der Waals surface area contributed by atoms with Gasteiger partial charge in [-0.15, -0.1) is 0 Å². The SMILES string of the molecule is CCC(C)[C@H](N)C(=O)N1CCCCC1CCNS(C)(=O)=O. The monoisotopic (exact) mass is 319 g/mol. The van der Waals surface area contributed by atoms with E-state index in [0.717, 1.165) is 38.5 Å². The van der Waals surface area contributed by atoms with Crippen molar-refractivity contribution in [1.82, 2.24) is 9.62 Å². The molecule has 3 atom stereocenters. The Bertz CT molecular complexity index is 439. The molecule has 0 spiro atoms. The maximum atomic E-state index is 12.5. The van der Waals surface area contributed by atoms with Gasteiger partial charge in [0.2, 0.25) is 15.9 Å². The first-order valence-electron chi connectivity index (χ1n) is 7.77. The van der Waals surface area contributed by atoms with Crippen molar-refractivity contribution < 1.29 is 13.2 Å². The van der Waals surface area contributed by atoms with Gasteiger partial charge >= 0.3 is 0 Å². The molecule has 0 aromatic heterocycles. The lowest BCUT2D eigenvalue weighted by Gasteiger charge is -2.38. The van der Waals surface area contributed by atoms with E-state index in [1.54, 1.807) is 0 Å². The number of nitrogens with two attached hydrogens (primary N) is 1. The molecular formula is C14H29N3O3S. The van der Waals surface area contributed by atoms with Crippen LogP contribution in [0.2, 0.25) is 0 Å². The molecule has 0 aromatic rings. The van der Waals surface area contributed by atoms with Crippen LogP contribution < -0.4 is 10.5 Å². The number of amides is 1. The van der Waals surface area contributed by atoms with Gasteiger partial charge in [0.25, 0.3) is 0 Å². The molecule has 0 radical (unpaired) electrons. The Kier molecular flexibility index (Phi) is 7.09. The Hall–Kier alpha value is -0.660. The maximum absolute atomic E-state index is 12.5. The van der Waals surface area contributed by atoms with Crippen molar-refractivity contribution in [3.63, 3.8) is 0 Å². The van der Waals surface area contributed by atoms with Gasteiger partial charge in [0, 0.05) is 19.1 Å². The first-order valence-corrected chi connectivity index (χ1v) is 9.66. The van der Waals surface area contributed by atoms with E-state index >= 15 is 0 Å². The van der Waals surface area contributed by atoms with Crippen molar-refractivity contribution in [2.45, 2.75) is 58.0 Å². The number of rotatable bonds is 7. The van der Waals surface area contributed by atoms with Crippen molar-refractivity contribution in [1.29, 1.82) is 0 Å². The molecule has 0 saturated carbocycles. The van der Waals surface area contributed by atoms with Crippen molar-refractivity contribution in [3.8, 4) is 0 Å². The van der Waals surface area contributed by atoms with Crippen LogP contribution in [0.25, 0.3) is 0 Å². The molecule has 0 aromatic carbocycles. The average molecular weight is 319 g/mol. The molecule has 1 fully saturated rings. The second-order valence-corrected chi connectivity index (χ2v) is 7.88. The number of nitrogens with one attached hydrogen (secondary N) is 1. The summed E-state index contributed by atoms with van der Waals surface area (Å²) < 4.78 is 24.7. The minimum atomic E-state index is -3.17. The Morgan fingerprint density at radius 3 is 2.67 bits per heavy atom. The number of carbonyl (C=O) groups excluding carboxylic acids is 1. The summed E-state index contributed by atoms with van der Waals surface area (Å²) in [5.41, 5.74) is 6.06. The zero-order chi connectivity index (χ0) is 16.0. The van der Waals surface area contributed by atoms with Crippen LogP contribution >= 0.6 is 0 Å². The third-order valence-electron chi connectivity index (χ3n) is 4.29. The molecule has 1 amide bonds. The van der Waals surface area contributed by atoms with Gasteiger partial charge in [-0.05, 0) is 31.6 Å². The molecule has 1 aliphatic rings. The lowest BCUT2D eigenvalue weighted by molar-refractivity contribution is -0.137. The van der Waals surface area contributed by atoms with E-state index in [0.29, 0.717) is 13.0 Å². The van der Waals surface area contributed by atoms with Gasteiger partial charge in [-0.3, -0.25) is 4.79 Å². The Morgan fingerprint density at radius 1 is 1.43 bits per heavy atom. The van der Waals surface area contributed by atoms with Crippen LogP contribution in [-0.4, -0.2) is 50.7 Å². The van der Waals surface area contributed by atoms with Gasteiger partial charge in [-0.2, -0.15) is 0 Å². The molecule has 7 heteroatoms. The van der Waals surface area contributed by atoms with Gasteiger partial charge in [-0.1, -0.05) is 20.3 Å². The van der Waals surface area contributed by atoms with E-state index in [1.165, 1.54) is 0 Å². The predicted octanol–water partition coefficient (Wildman–Crippen LogP) is 0.680. The Labute approximate surface area is 128 Å². The van der Waals surface area contributed by atoms with Gasteiger partial charge < -0.3 is 10.6 Å². The summed E-state index contributed by atoms with van der Waals surface area (Å²) in [4.78, 5) is 14.4. The molecule has 21 heavy (non-hydrogen) atoms. The highest BCUT2D eigenvalue weighted by Crippen LogP contribution is 2.21. The van der Waals surface area contributed by atoms with E-state index in [-0.39, 0.29) is 17.9 Å². The van der Waals surface area contributed by atoms with Crippen LogP contribution in [0.1, 0.15) is 46.0 Å². The summed E-state index contributed by atoms with van der Waals surface area (Å²) in [6.07, 6.45) is 5.66. The van der Waals surface area contributed by atoms with Crippen LogP contribution in [0.4, 0.5) is 0 Å². The summed E-state index contributed by atoms with van der Waals surface area (Å²) in [7, 11) is -3.17. The van der Waals surface area contributed by atoms with E-state index in [9.17, 15) is 13.2 Å². The third-order valence-corrected chi connectivity index (χ3v) is 5.02. The fourth-order valence-electron chi connectivity index (χ4n) is 2.69. The third kappa shape index (κ3) is 5.92. The Balaban J connectivity index is 2.62. The average Bonchev–Trinajstić information content (AvgIpc) is 2.44. The molecule has 0 bridgehead atoms. The van der Waals surface area contributed by atoms with Gasteiger partial charge in [0.05, 0.1) is 12.3 Å². The molecular weight excluding hydrogens is 290 g/mol. The molecule has 124 valence electrons. The summed E-state index contributed by atoms with van der Waals surface area (Å²) in [6.45, 7) is 5.12. The topological polar surface area (TPSA) is 92.5 Å². The fourth-order valence-corrected chi connectivity index (χ4v) is 3.18. The van der Waals surface area contributed by atoms with Crippen LogP contribution in [0.3, 0.4) is 0 Å². The van der Waals surface area contributed by atoms with Crippen LogP contribution in [0.5, 0.6) is 0 Å². The number of hydrogen-bond donors (Lipinski definition) is 2. The normalized spacial score (nSPS) is 22.9. The summed E-state index contributed by atoms with van der Waals surface area (Å²) in [6, 6.07) is -0.367. The number of carbonyl (C=O) groups is 1. The fraction of sp³-hybridized carbons (Fsp3) is 0.929. The van der Waals surface area contributed by atoms with Crippen LogP contribution in [0.15, 0.2) is 0 Å². The van der Waals surface area contributed by atoms with E-state index in [2.05, 4.69) is 4.72 Å². The lowest BCUT2D eigenvalue weighted by Crippen LogP contribution is -2.53. The van der Waals surface area contributed by atoms with E-state index < -0.39 is 16.1 Å². The summed E-state index contributed by atoms with van der Waals surface area (Å²) in [5.74, 6) is 0.169. The molecule has 3 N–H and O–H groups in total. The number of piperidine rings is 1. The van der Waals surface area contributed by atoms with Crippen LogP contribution in [0, 0.1) is 5.92 Å². The first-order chi connectivity index (χ1) is 9.76. The minimum absolute atomic E-state index is 0.00778. The van der Waals surface area contributed by atoms with Crippen LogP contribution in [-0.2, 0) is 14.8 Å². The van der Waals surface area contributed by atoms with Crippen molar-refractivity contribution in [3.05, 3.63) is 0 Å². The Morgan fingerprint density at radius 2 is 2.10 bits per heavy atom. The van der Waals surface area contributed by atoms with Crippen molar-refractivity contribution in [2.75, 3.05) is 19.3 Å². The van der Waals surface area contributed by atoms with E-state index in [4.69, 9.17) is 5.73 Å². The molecule has 1 heterocycles. The molecule has 1 saturated heterocycles. The summed E-state index contributed by atoms with van der Waals surface area (Å²) in [5, 5.41) is 0. The lowest BCUT2D eigenvalue weighted by atomic mass is 9.94. The largest absolute Gasteiger partial charge is 0.338 e. The summed E-state index contributed by atoms with van der Waals surface area (Å²) >= 11 is 0. The van der Waals surface area contributed by atoms with Gasteiger partial charge in [0.15, 0.2) is 0 Å². The molecule has 1 aliphatic heterocycles. The number of sulfonamides is 1. The first kappa shape index (κ1) is 18.4. The number of nitrogens with zero attached hydrogens (tertiary/aromatic N) is 1. The quantitative estimate of drug-likeness (QED) is 0.722. The molecule has 1 rings (SSSR count). The van der Waals surface area contributed by atoms with Gasteiger partial charge in [-0.25, -0.2) is 13.1 Å². The predicted molar refractivity (Wildman–Crippen MR) is 84.2 cm³/mol. The van der Waals surface area contributed by atoms with E-state index in [1.807, 2.05) is 18.7 Å². The smallest absolute Gasteiger partial charge is 0.240 e. The highest BCUT2D eigenvalue weighted by atomic mass is 32.2. The molecule has 0 aliphatic carbocycles. The zero-order valence-electron chi connectivity index (χ0n) is 13.3. The minimum Gasteiger partial charge on any atom is -0.338 e. The zero-order valence-corrected chi connectivity index (χ0v) is 14.2. The number of likely N-dealkylation sites (tertiary alicyclic amines) is 1. The number of hydrogen-bond acceptors (Lipinski definition) is 4. The maximum Gasteiger partial charge on any atom is 0.240 e. The molecule has 6 nitrogen and oxygen atoms in total. The van der Waals surface area contributed by atoms with Gasteiger partial charge in [0.1, 0.15) is 0 Å². The highest BCUT2D eigenvalue weighted by Gasteiger charge is 2.31. The standard InChI is InChI=1S/C14H29N3O3S/c1-4-11(2)13(15)14(18)17-10-6-5-7-12(17)8-9-16-21(3,19)20/h11-13,16H,4-10,15H2,1-3H3/t11?,12?,13-/m0/s1. The second kappa shape index (κ2) is 8.10.